The highest BCUT2D eigenvalue weighted by molar-refractivity contribution is 5.74. The zero-order valence-corrected chi connectivity index (χ0v) is 13.2. The summed E-state index contributed by atoms with van der Waals surface area (Å²) in [5.41, 5.74) is 1.01. The van der Waals surface area contributed by atoms with Crippen molar-refractivity contribution in [2.75, 3.05) is 6.54 Å². The van der Waals surface area contributed by atoms with Gasteiger partial charge >= 0.3 is 6.03 Å². The van der Waals surface area contributed by atoms with Gasteiger partial charge in [-0.1, -0.05) is 12.1 Å². The van der Waals surface area contributed by atoms with Crippen molar-refractivity contribution in [2.24, 2.45) is 7.05 Å². The molecule has 0 spiro atoms. The first-order valence-electron chi connectivity index (χ1n) is 7.64. The molecule has 3 rings (SSSR count). The van der Waals surface area contributed by atoms with Gasteiger partial charge in [-0.15, -0.1) is 10.2 Å². The van der Waals surface area contributed by atoms with Crippen LogP contribution in [0.5, 0.6) is 0 Å². The number of halogens is 1. The first-order chi connectivity index (χ1) is 11.0. The lowest BCUT2D eigenvalue weighted by atomic mass is 9.96. The molecular formula is C16H20FN5O. The Hall–Kier alpha value is -2.44. The maximum atomic E-state index is 13.0. The van der Waals surface area contributed by atoms with E-state index < -0.39 is 0 Å². The Morgan fingerprint density at radius 3 is 2.65 bits per heavy atom. The Morgan fingerprint density at radius 1 is 1.39 bits per heavy atom. The van der Waals surface area contributed by atoms with Crippen LogP contribution in [0.2, 0.25) is 0 Å². The Kier molecular flexibility index (Phi) is 4.02. The summed E-state index contributed by atoms with van der Waals surface area (Å²) in [5, 5.41) is 13.5. The highest BCUT2D eigenvalue weighted by Crippen LogP contribution is 2.47. The van der Waals surface area contributed by atoms with Crippen molar-refractivity contribution in [1.29, 1.82) is 0 Å². The van der Waals surface area contributed by atoms with E-state index in [0.29, 0.717) is 12.4 Å². The summed E-state index contributed by atoms with van der Waals surface area (Å²) in [7, 11) is 1.83. The monoisotopic (exact) mass is 317 g/mol. The van der Waals surface area contributed by atoms with Gasteiger partial charge in [0.1, 0.15) is 12.1 Å². The van der Waals surface area contributed by atoms with Crippen LogP contribution in [0.3, 0.4) is 0 Å². The fourth-order valence-corrected chi connectivity index (χ4v) is 2.77. The minimum absolute atomic E-state index is 0.0565. The summed E-state index contributed by atoms with van der Waals surface area (Å²) < 4.78 is 14.8. The van der Waals surface area contributed by atoms with E-state index in [-0.39, 0.29) is 23.3 Å². The van der Waals surface area contributed by atoms with Crippen molar-refractivity contribution in [3.05, 3.63) is 47.8 Å². The third-order valence-electron chi connectivity index (χ3n) is 4.38. The molecule has 1 fully saturated rings. The maximum Gasteiger partial charge on any atom is 0.315 e. The topological polar surface area (TPSA) is 71.8 Å². The number of urea groups is 1. The molecule has 0 unspecified atom stereocenters. The van der Waals surface area contributed by atoms with Gasteiger partial charge in [0.25, 0.3) is 0 Å². The van der Waals surface area contributed by atoms with Gasteiger partial charge < -0.3 is 15.2 Å². The predicted octanol–water partition coefficient (Wildman–Crippen LogP) is 2.05. The largest absolute Gasteiger partial charge is 0.337 e. The minimum Gasteiger partial charge on any atom is -0.337 e. The highest BCUT2D eigenvalue weighted by atomic mass is 19.1. The third-order valence-corrected chi connectivity index (χ3v) is 4.38. The molecule has 0 radical (unpaired) electrons. The van der Waals surface area contributed by atoms with Crippen molar-refractivity contribution in [3.63, 3.8) is 0 Å². The van der Waals surface area contributed by atoms with Crippen molar-refractivity contribution >= 4 is 6.03 Å². The lowest BCUT2D eigenvalue weighted by Gasteiger charge is -2.18. The molecule has 2 N–H and O–H groups in total. The van der Waals surface area contributed by atoms with E-state index in [1.54, 1.807) is 23.0 Å². The average molecular weight is 317 g/mol. The standard InChI is InChI=1S/C16H20FN5O/c1-11(14-21-19-10-22(14)2)20-15(23)18-9-16(7-8-16)12-3-5-13(17)6-4-12/h3-6,10-11H,7-9H2,1-2H3,(H2,18,20,23)/t11-/m1/s1. The van der Waals surface area contributed by atoms with Crippen LogP contribution >= 0.6 is 0 Å². The quantitative estimate of drug-likeness (QED) is 0.886. The Labute approximate surface area is 134 Å². The van der Waals surface area contributed by atoms with E-state index in [1.807, 2.05) is 14.0 Å². The minimum atomic E-state index is -0.243. The predicted molar refractivity (Wildman–Crippen MR) is 83.3 cm³/mol. The van der Waals surface area contributed by atoms with Gasteiger partial charge in [0.2, 0.25) is 0 Å². The molecule has 122 valence electrons. The SMILES string of the molecule is C[C@@H](NC(=O)NCC1(c2ccc(F)cc2)CC1)c1nncn1C. The fraction of sp³-hybridized carbons (Fsp3) is 0.438. The van der Waals surface area contributed by atoms with E-state index in [9.17, 15) is 9.18 Å². The van der Waals surface area contributed by atoms with Crippen LogP contribution in [0.1, 0.15) is 37.2 Å². The fourth-order valence-electron chi connectivity index (χ4n) is 2.77. The first-order valence-corrected chi connectivity index (χ1v) is 7.64. The molecular weight excluding hydrogens is 297 g/mol. The molecule has 1 aromatic carbocycles. The van der Waals surface area contributed by atoms with Gasteiger partial charge in [-0.2, -0.15) is 0 Å². The van der Waals surface area contributed by atoms with Crippen LogP contribution in [0, 0.1) is 5.82 Å². The third kappa shape index (κ3) is 3.33. The number of carbonyl (C=O) groups is 1. The number of nitrogens with one attached hydrogen (secondary N) is 2. The summed E-state index contributed by atoms with van der Waals surface area (Å²) >= 11 is 0. The number of aryl methyl sites for hydroxylation is 1. The highest BCUT2D eigenvalue weighted by Gasteiger charge is 2.44. The van der Waals surface area contributed by atoms with Crippen molar-refractivity contribution < 1.29 is 9.18 Å². The normalized spacial score (nSPS) is 16.7. The molecule has 0 aliphatic heterocycles. The molecule has 6 nitrogen and oxygen atoms in total. The number of hydrogen-bond donors (Lipinski definition) is 2. The molecule has 1 aromatic heterocycles. The van der Waals surface area contributed by atoms with Gasteiger partial charge in [-0.05, 0) is 37.5 Å². The smallest absolute Gasteiger partial charge is 0.315 e. The van der Waals surface area contributed by atoms with Crippen LogP contribution in [0.25, 0.3) is 0 Å². The molecule has 2 amide bonds. The molecule has 1 heterocycles. The molecule has 1 aliphatic carbocycles. The van der Waals surface area contributed by atoms with Crippen LogP contribution < -0.4 is 10.6 Å². The number of nitrogens with zero attached hydrogens (tertiary/aromatic N) is 3. The van der Waals surface area contributed by atoms with E-state index in [4.69, 9.17) is 0 Å². The van der Waals surface area contributed by atoms with Gasteiger partial charge in [0, 0.05) is 19.0 Å². The van der Waals surface area contributed by atoms with Crippen molar-refractivity contribution in [2.45, 2.75) is 31.2 Å². The van der Waals surface area contributed by atoms with E-state index in [1.165, 1.54) is 12.1 Å². The second kappa shape index (κ2) is 5.98. The lowest BCUT2D eigenvalue weighted by Crippen LogP contribution is -2.41. The molecule has 0 saturated heterocycles. The number of rotatable bonds is 5. The molecule has 23 heavy (non-hydrogen) atoms. The summed E-state index contributed by atoms with van der Waals surface area (Å²) in [6.45, 7) is 2.40. The Bertz CT molecular complexity index is 693. The van der Waals surface area contributed by atoms with Crippen molar-refractivity contribution in [1.82, 2.24) is 25.4 Å². The molecule has 7 heteroatoms. The number of benzene rings is 1. The first kappa shape index (κ1) is 15.5. The van der Waals surface area contributed by atoms with Gasteiger partial charge in [-0.25, -0.2) is 9.18 Å². The van der Waals surface area contributed by atoms with Crippen LogP contribution in [-0.4, -0.2) is 27.3 Å². The number of aromatic nitrogens is 3. The number of amides is 2. The number of hydrogen-bond acceptors (Lipinski definition) is 3. The zero-order chi connectivity index (χ0) is 16.4. The summed E-state index contributed by atoms with van der Waals surface area (Å²) in [6.07, 6.45) is 3.59. The van der Waals surface area contributed by atoms with Crippen molar-refractivity contribution in [3.8, 4) is 0 Å². The molecule has 1 saturated carbocycles. The summed E-state index contributed by atoms with van der Waals surface area (Å²) in [4.78, 5) is 12.1. The summed E-state index contributed by atoms with van der Waals surface area (Å²) in [5.74, 6) is 0.451. The molecule has 1 aliphatic rings. The van der Waals surface area contributed by atoms with Gasteiger partial charge in [-0.3, -0.25) is 0 Å². The van der Waals surface area contributed by atoms with E-state index >= 15 is 0 Å². The summed E-state index contributed by atoms with van der Waals surface area (Å²) in [6, 6.07) is 6.04. The molecule has 1 atom stereocenters. The number of carbonyl (C=O) groups excluding carboxylic acids is 1. The van der Waals surface area contributed by atoms with Crippen LogP contribution in [-0.2, 0) is 12.5 Å². The Balaban J connectivity index is 1.55. The zero-order valence-electron chi connectivity index (χ0n) is 13.2. The van der Waals surface area contributed by atoms with Crippen LogP contribution in [0.4, 0.5) is 9.18 Å². The van der Waals surface area contributed by atoms with Gasteiger partial charge in [0.05, 0.1) is 6.04 Å². The van der Waals surface area contributed by atoms with Gasteiger partial charge in [0.15, 0.2) is 5.82 Å². The van der Waals surface area contributed by atoms with Crippen LogP contribution in [0.15, 0.2) is 30.6 Å². The second-order valence-corrected chi connectivity index (χ2v) is 6.14. The Morgan fingerprint density at radius 2 is 2.09 bits per heavy atom. The maximum absolute atomic E-state index is 13.0. The van der Waals surface area contributed by atoms with E-state index in [0.717, 1.165) is 18.4 Å². The second-order valence-electron chi connectivity index (χ2n) is 6.14. The lowest BCUT2D eigenvalue weighted by molar-refractivity contribution is 0.236. The average Bonchev–Trinajstić information content (AvgIpc) is 3.20. The molecule has 0 bridgehead atoms. The van der Waals surface area contributed by atoms with E-state index in [2.05, 4.69) is 20.8 Å². The molecule has 2 aromatic rings.